The maximum atomic E-state index is 14.0. The van der Waals surface area contributed by atoms with E-state index in [1.807, 2.05) is 41.8 Å². The van der Waals surface area contributed by atoms with E-state index in [-0.39, 0.29) is 18.1 Å². The minimum absolute atomic E-state index is 0.168. The number of carbonyl (C=O) groups excluding carboxylic acids is 2. The summed E-state index contributed by atoms with van der Waals surface area (Å²) in [5.74, 6) is -0.656. The van der Waals surface area contributed by atoms with Crippen LogP contribution in [0.5, 0.6) is 0 Å². The molecule has 5 rings (SSSR count). The third kappa shape index (κ3) is 3.79. The van der Waals surface area contributed by atoms with E-state index in [1.165, 1.54) is 22.7 Å². The van der Waals surface area contributed by atoms with Gasteiger partial charge in [-0.15, -0.1) is 11.3 Å². The van der Waals surface area contributed by atoms with Crippen LogP contribution < -0.4 is 19.8 Å². The van der Waals surface area contributed by atoms with Gasteiger partial charge in [-0.3, -0.25) is 14.2 Å². The zero-order valence-electron chi connectivity index (χ0n) is 19.7. The number of thiophene rings is 1. The van der Waals surface area contributed by atoms with Crippen molar-refractivity contribution in [1.82, 2.24) is 4.57 Å². The molecule has 4 heterocycles. The van der Waals surface area contributed by atoms with Crippen molar-refractivity contribution >= 4 is 45.8 Å². The fourth-order valence-corrected chi connectivity index (χ4v) is 6.56. The van der Waals surface area contributed by atoms with Gasteiger partial charge in [0.15, 0.2) is 4.80 Å². The van der Waals surface area contributed by atoms with Crippen molar-refractivity contribution in [3.8, 4) is 0 Å². The number of rotatable bonds is 6. The van der Waals surface area contributed by atoms with Gasteiger partial charge in [0, 0.05) is 17.0 Å². The SMILES string of the molecule is CCCCN1C(=O)C(=c2sc3n(c2=O)C(c2cccs2)C(C(=O)OCC)=C(C)N=3)c2ccccc21. The number of allylic oxidation sites excluding steroid dienone is 1. The Morgan fingerprint density at radius 1 is 1.14 bits per heavy atom. The van der Waals surface area contributed by atoms with E-state index < -0.39 is 12.0 Å². The molecule has 1 unspecified atom stereocenters. The van der Waals surface area contributed by atoms with Crippen LogP contribution in [0.4, 0.5) is 5.69 Å². The molecule has 0 saturated carbocycles. The number of amides is 1. The van der Waals surface area contributed by atoms with Crippen LogP contribution in [0.25, 0.3) is 5.57 Å². The Kier molecular flexibility index (Phi) is 6.29. The van der Waals surface area contributed by atoms with E-state index in [4.69, 9.17) is 4.74 Å². The summed E-state index contributed by atoms with van der Waals surface area (Å²) in [6.07, 6.45) is 1.83. The van der Waals surface area contributed by atoms with E-state index in [9.17, 15) is 14.4 Å². The molecule has 180 valence electrons. The van der Waals surface area contributed by atoms with Crippen LogP contribution in [0.15, 0.2) is 62.8 Å². The molecule has 0 bridgehead atoms. The van der Waals surface area contributed by atoms with Gasteiger partial charge in [-0.25, -0.2) is 9.79 Å². The Bertz CT molecular complexity index is 1530. The number of aromatic nitrogens is 1. The maximum Gasteiger partial charge on any atom is 0.338 e. The van der Waals surface area contributed by atoms with Crippen LogP contribution in [0.2, 0.25) is 0 Å². The van der Waals surface area contributed by atoms with Crippen molar-refractivity contribution in [3.05, 3.63) is 83.2 Å². The van der Waals surface area contributed by atoms with Gasteiger partial charge in [-0.2, -0.15) is 0 Å². The fourth-order valence-electron chi connectivity index (χ4n) is 4.60. The summed E-state index contributed by atoms with van der Waals surface area (Å²) in [5.41, 5.74) is 2.53. The van der Waals surface area contributed by atoms with E-state index in [2.05, 4.69) is 11.9 Å². The molecule has 35 heavy (non-hydrogen) atoms. The lowest BCUT2D eigenvalue weighted by Crippen LogP contribution is -2.40. The normalized spacial score (nSPS) is 18.4. The minimum atomic E-state index is -0.650. The summed E-state index contributed by atoms with van der Waals surface area (Å²) < 4.78 is 7.22. The predicted molar refractivity (Wildman–Crippen MR) is 137 cm³/mol. The van der Waals surface area contributed by atoms with Gasteiger partial charge in [0.2, 0.25) is 0 Å². The van der Waals surface area contributed by atoms with Crippen molar-refractivity contribution < 1.29 is 14.3 Å². The smallest absolute Gasteiger partial charge is 0.338 e. The highest BCUT2D eigenvalue weighted by atomic mass is 32.1. The molecule has 2 aromatic heterocycles. The number of nitrogens with zero attached hydrogens (tertiary/aromatic N) is 3. The number of para-hydroxylation sites is 1. The highest BCUT2D eigenvalue weighted by Gasteiger charge is 2.37. The summed E-state index contributed by atoms with van der Waals surface area (Å²) in [7, 11) is 0. The largest absolute Gasteiger partial charge is 0.463 e. The monoisotopic (exact) mass is 507 g/mol. The fraction of sp³-hybridized carbons (Fsp3) is 0.308. The summed E-state index contributed by atoms with van der Waals surface area (Å²) in [6, 6.07) is 10.7. The van der Waals surface area contributed by atoms with Gasteiger partial charge in [-0.1, -0.05) is 48.9 Å². The first-order valence-corrected chi connectivity index (χ1v) is 13.3. The summed E-state index contributed by atoms with van der Waals surface area (Å²) >= 11 is 2.66. The van der Waals surface area contributed by atoms with Crippen LogP contribution in [0, 0.1) is 0 Å². The lowest BCUT2D eigenvalue weighted by molar-refractivity contribution is -0.139. The third-order valence-electron chi connectivity index (χ3n) is 6.19. The van der Waals surface area contributed by atoms with Crippen molar-refractivity contribution in [3.63, 3.8) is 0 Å². The molecule has 9 heteroatoms. The Balaban J connectivity index is 1.77. The van der Waals surface area contributed by atoms with Crippen LogP contribution in [0.3, 0.4) is 0 Å². The maximum absolute atomic E-state index is 14.0. The molecule has 1 amide bonds. The molecule has 0 N–H and O–H groups in total. The molecule has 2 aliphatic heterocycles. The van der Waals surface area contributed by atoms with Gasteiger partial charge >= 0.3 is 5.97 Å². The van der Waals surface area contributed by atoms with Crippen LogP contribution >= 0.6 is 22.7 Å². The molecule has 3 aromatic rings. The van der Waals surface area contributed by atoms with E-state index in [0.717, 1.165) is 29.0 Å². The van der Waals surface area contributed by atoms with Crippen molar-refractivity contribution in [2.45, 2.75) is 39.7 Å². The molecule has 0 saturated heterocycles. The first-order valence-electron chi connectivity index (χ1n) is 11.6. The van der Waals surface area contributed by atoms with Crippen LogP contribution in [-0.4, -0.2) is 29.6 Å². The second kappa shape index (κ2) is 9.39. The Hall–Kier alpha value is -3.30. The lowest BCUT2D eigenvalue weighted by atomic mass is 10.0. The Morgan fingerprint density at radius 3 is 2.66 bits per heavy atom. The Labute approximate surface area is 210 Å². The van der Waals surface area contributed by atoms with Crippen molar-refractivity contribution in [2.24, 2.45) is 4.99 Å². The number of anilines is 1. The number of hydrogen-bond acceptors (Lipinski definition) is 7. The van der Waals surface area contributed by atoms with Gasteiger partial charge in [0.25, 0.3) is 11.5 Å². The van der Waals surface area contributed by atoms with Crippen molar-refractivity contribution in [1.29, 1.82) is 0 Å². The number of carbonyl (C=O) groups is 2. The summed E-state index contributed by atoms with van der Waals surface area (Å²) in [5, 5.41) is 1.91. The highest BCUT2D eigenvalue weighted by Crippen LogP contribution is 2.36. The molecule has 0 spiro atoms. The van der Waals surface area contributed by atoms with Gasteiger partial charge in [0.05, 0.1) is 29.1 Å². The number of esters is 1. The number of unbranched alkanes of at least 4 members (excludes halogenated alkanes) is 1. The van der Waals surface area contributed by atoms with E-state index in [1.54, 1.807) is 23.3 Å². The Morgan fingerprint density at radius 2 is 1.94 bits per heavy atom. The quantitative estimate of drug-likeness (QED) is 0.479. The third-order valence-corrected chi connectivity index (χ3v) is 8.17. The first-order chi connectivity index (χ1) is 17.0. The predicted octanol–water partition coefficient (Wildman–Crippen LogP) is 3.38. The van der Waals surface area contributed by atoms with Gasteiger partial charge in [0.1, 0.15) is 10.6 Å². The molecule has 1 atom stereocenters. The average Bonchev–Trinajstić information content (AvgIpc) is 3.54. The topological polar surface area (TPSA) is 81.0 Å². The van der Waals surface area contributed by atoms with Gasteiger partial charge in [-0.05, 0) is 37.8 Å². The molecule has 2 aliphatic rings. The molecule has 1 aromatic carbocycles. The van der Waals surface area contributed by atoms with Gasteiger partial charge < -0.3 is 9.64 Å². The first kappa shape index (κ1) is 23.4. The van der Waals surface area contributed by atoms with E-state index in [0.29, 0.717) is 32.7 Å². The average molecular weight is 508 g/mol. The zero-order valence-corrected chi connectivity index (χ0v) is 21.4. The lowest BCUT2D eigenvalue weighted by Gasteiger charge is -2.23. The van der Waals surface area contributed by atoms with Crippen molar-refractivity contribution in [2.75, 3.05) is 18.1 Å². The molecule has 7 nitrogen and oxygen atoms in total. The highest BCUT2D eigenvalue weighted by molar-refractivity contribution is 7.10. The summed E-state index contributed by atoms with van der Waals surface area (Å²) in [4.78, 5) is 48.2. The van der Waals surface area contributed by atoms with E-state index >= 15 is 0 Å². The second-order valence-electron chi connectivity index (χ2n) is 8.34. The number of benzene rings is 1. The van der Waals surface area contributed by atoms with Crippen LogP contribution in [0.1, 0.15) is 50.1 Å². The molecule has 0 fully saturated rings. The minimum Gasteiger partial charge on any atom is -0.463 e. The summed E-state index contributed by atoms with van der Waals surface area (Å²) in [6.45, 7) is 6.41. The van der Waals surface area contributed by atoms with Crippen LogP contribution in [-0.2, 0) is 14.3 Å². The second-order valence-corrected chi connectivity index (χ2v) is 10.3. The number of hydrogen-bond donors (Lipinski definition) is 0. The number of fused-ring (bicyclic) bond motifs is 2. The number of ether oxygens (including phenoxy) is 1. The zero-order chi connectivity index (χ0) is 24.7. The number of thiazole rings is 1. The molecular formula is C26H25N3O4S2. The standard InChI is InChI=1S/C26H25N3O4S2/c1-4-6-13-28-17-11-8-7-10-16(17)20(23(28)30)22-24(31)29-21(18-12-9-14-34-18)19(25(32)33-5-2)15(3)27-26(29)35-22/h7-12,14,21H,4-6,13H2,1-3H3. The molecular weight excluding hydrogens is 482 g/mol. The molecule has 0 radical (unpaired) electrons. The molecule has 0 aliphatic carbocycles.